The summed E-state index contributed by atoms with van der Waals surface area (Å²) >= 11 is 0. The summed E-state index contributed by atoms with van der Waals surface area (Å²) in [6.07, 6.45) is 1.95. The lowest BCUT2D eigenvalue weighted by Gasteiger charge is -2.35. The third-order valence-electron chi connectivity index (χ3n) is 5.10. The van der Waals surface area contributed by atoms with E-state index < -0.39 is 0 Å². The highest BCUT2D eigenvalue weighted by atomic mass is 14.3. The van der Waals surface area contributed by atoms with E-state index in [1.807, 2.05) is 0 Å². The van der Waals surface area contributed by atoms with Crippen LogP contribution in [-0.4, -0.2) is 0 Å². The fourth-order valence-electron chi connectivity index (χ4n) is 3.62. The van der Waals surface area contributed by atoms with E-state index in [1.165, 1.54) is 16.7 Å². The monoisotopic (exact) mass is 313 g/mol. The third-order valence-corrected chi connectivity index (χ3v) is 5.10. The Labute approximate surface area is 146 Å². The largest absolute Gasteiger partial charge is 0.0622 e. The van der Waals surface area contributed by atoms with E-state index in [2.05, 4.69) is 105 Å². The number of hydrogen-bond acceptors (Lipinski definition) is 0. The van der Waals surface area contributed by atoms with Gasteiger partial charge in [0.2, 0.25) is 0 Å². The lowest BCUT2D eigenvalue weighted by atomic mass is 9.69. The van der Waals surface area contributed by atoms with Crippen molar-refractivity contribution in [2.24, 2.45) is 0 Å². The molecule has 0 bridgehead atoms. The van der Waals surface area contributed by atoms with Gasteiger partial charge in [0.1, 0.15) is 0 Å². The highest BCUT2D eigenvalue weighted by Crippen LogP contribution is 2.41. The van der Waals surface area contributed by atoms with Gasteiger partial charge in [0, 0.05) is 5.41 Å². The lowest BCUT2D eigenvalue weighted by Crippen LogP contribution is -2.26. The zero-order chi connectivity index (χ0) is 16.8. The van der Waals surface area contributed by atoms with Crippen LogP contribution in [0, 0.1) is 6.92 Å². The molecule has 0 aliphatic carbocycles. The predicted octanol–water partition coefficient (Wildman–Crippen LogP) is 6.39. The summed E-state index contributed by atoms with van der Waals surface area (Å²) < 4.78 is 0. The first-order chi connectivity index (χ1) is 11.7. The molecule has 1 unspecified atom stereocenters. The number of hydrogen-bond donors (Lipinski definition) is 0. The molecular formula is C24H25. The van der Waals surface area contributed by atoms with Gasteiger partial charge in [-0.05, 0) is 35.4 Å². The van der Waals surface area contributed by atoms with E-state index >= 15 is 0 Å². The molecule has 121 valence electrons. The van der Waals surface area contributed by atoms with Crippen molar-refractivity contribution in [2.75, 3.05) is 0 Å². The van der Waals surface area contributed by atoms with Crippen LogP contribution in [0.15, 0.2) is 91.0 Å². The molecule has 0 aliphatic heterocycles. The molecule has 0 nitrogen and oxygen atoms in total. The van der Waals surface area contributed by atoms with Gasteiger partial charge in [-0.1, -0.05) is 105 Å². The van der Waals surface area contributed by atoms with Crippen molar-refractivity contribution < 1.29 is 0 Å². The maximum Gasteiger partial charge on any atom is 0.0180 e. The SMILES string of the molecule is [CH2]CC(CC(C)(c1ccccc1)c1ccccc1)c1ccccc1. The van der Waals surface area contributed by atoms with Crippen molar-refractivity contribution in [3.8, 4) is 0 Å². The van der Waals surface area contributed by atoms with E-state index in [0.717, 1.165) is 12.8 Å². The van der Waals surface area contributed by atoms with E-state index in [9.17, 15) is 0 Å². The minimum atomic E-state index is -0.0271. The van der Waals surface area contributed by atoms with Gasteiger partial charge in [-0.15, -0.1) is 0 Å². The summed E-state index contributed by atoms with van der Waals surface area (Å²) in [5.41, 5.74) is 4.09. The summed E-state index contributed by atoms with van der Waals surface area (Å²) in [4.78, 5) is 0. The van der Waals surface area contributed by atoms with Gasteiger partial charge in [0.25, 0.3) is 0 Å². The van der Waals surface area contributed by atoms with Crippen LogP contribution in [-0.2, 0) is 5.41 Å². The van der Waals surface area contributed by atoms with E-state index in [4.69, 9.17) is 0 Å². The van der Waals surface area contributed by atoms with E-state index in [-0.39, 0.29) is 5.41 Å². The molecule has 0 saturated carbocycles. The van der Waals surface area contributed by atoms with Crippen LogP contribution in [0.2, 0.25) is 0 Å². The molecule has 3 aromatic carbocycles. The standard InChI is InChI=1S/C24H25/c1-3-20(21-13-7-4-8-14-21)19-24(2,22-15-9-5-10-16-22)23-17-11-6-12-18-23/h4-18,20H,1,3,19H2,2H3. The molecule has 0 aliphatic rings. The summed E-state index contributed by atoms with van der Waals surface area (Å²) in [5, 5.41) is 0. The molecule has 0 amide bonds. The molecule has 3 rings (SSSR count). The highest BCUT2D eigenvalue weighted by molar-refractivity contribution is 5.39. The number of benzene rings is 3. The van der Waals surface area contributed by atoms with Crippen molar-refractivity contribution in [2.45, 2.75) is 31.1 Å². The molecule has 0 spiro atoms. The molecule has 0 heterocycles. The van der Waals surface area contributed by atoms with Crippen LogP contribution in [0.4, 0.5) is 0 Å². The number of rotatable bonds is 6. The maximum absolute atomic E-state index is 4.23. The van der Waals surface area contributed by atoms with Gasteiger partial charge >= 0.3 is 0 Å². The fraction of sp³-hybridized carbons (Fsp3) is 0.208. The topological polar surface area (TPSA) is 0 Å². The minimum absolute atomic E-state index is 0.0271. The van der Waals surface area contributed by atoms with Gasteiger partial charge in [0.15, 0.2) is 0 Å². The van der Waals surface area contributed by atoms with Gasteiger partial charge in [-0.2, -0.15) is 0 Å². The molecule has 0 aromatic heterocycles. The maximum atomic E-state index is 4.23. The predicted molar refractivity (Wildman–Crippen MR) is 103 cm³/mol. The summed E-state index contributed by atoms with van der Waals surface area (Å²) in [6.45, 7) is 6.60. The van der Waals surface area contributed by atoms with Crippen molar-refractivity contribution in [3.63, 3.8) is 0 Å². The third kappa shape index (κ3) is 3.43. The quantitative estimate of drug-likeness (QED) is 0.494. The minimum Gasteiger partial charge on any atom is -0.0622 e. The Morgan fingerprint density at radius 1 is 0.708 bits per heavy atom. The summed E-state index contributed by atoms with van der Waals surface area (Å²) in [5.74, 6) is 0.441. The van der Waals surface area contributed by atoms with Crippen LogP contribution in [0.5, 0.6) is 0 Å². The average molecular weight is 313 g/mol. The first-order valence-electron chi connectivity index (χ1n) is 8.69. The van der Waals surface area contributed by atoms with E-state index in [0.29, 0.717) is 5.92 Å². The first-order valence-corrected chi connectivity index (χ1v) is 8.69. The summed E-state index contributed by atoms with van der Waals surface area (Å²) in [6, 6.07) is 32.5. The Balaban J connectivity index is 2.02. The van der Waals surface area contributed by atoms with Crippen LogP contribution in [0.25, 0.3) is 0 Å². The zero-order valence-electron chi connectivity index (χ0n) is 14.4. The molecular weight excluding hydrogens is 288 g/mol. The van der Waals surface area contributed by atoms with Gasteiger partial charge < -0.3 is 0 Å². The Kier molecular flexibility index (Phi) is 5.15. The van der Waals surface area contributed by atoms with Crippen molar-refractivity contribution >= 4 is 0 Å². The second kappa shape index (κ2) is 7.49. The first kappa shape index (κ1) is 16.5. The Morgan fingerprint density at radius 3 is 1.54 bits per heavy atom. The second-order valence-electron chi connectivity index (χ2n) is 6.66. The van der Waals surface area contributed by atoms with Gasteiger partial charge in [-0.3, -0.25) is 0 Å². The Bertz CT molecular complexity index is 689. The molecule has 1 atom stereocenters. The summed E-state index contributed by atoms with van der Waals surface area (Å²) in [7, 11) is 0. The molecule has 0 heteroatoms. The molecule has 0 N–H and O–H groups in total. The zero-order valence-corrected chi connectivity index (χ0v) is 14.4. The van der Waals surface area contributed by atoms with Crippen molar-refractivity contribution in [3.05, 3.63) is 115 Å². The van der Waals surface area contributed by atoms with Crippen LogP contribution in [0.1, 0.15) is 42.4 Å². The average Bonchev–Trinajstić information content (AvgIpc) is 2.68. The smallest absolute Gasteiger partial charge is 0.0180 e. The van der Waals surface area contributed by atoms with Crippen LogP contribution in [0.3, 0.4) is 0 Å². The molecule has 0 fully saturated rings. The molecule has 0 saturated heterocycles. The second-order valence-corrected chi connectivity index (χ2v) is 6.66. The van der Waals surface area contributed by atoms with E-state index in [1.54, 1.807) is 0 Å². The Hall–Kier alpha value is -2.34. The fourth-order valence-corrected chi connectivity index (χ4v) is 3.62. The molecule has 1 radical (unpaired) electrons. The van der Waals surface area contributed by atoms with Crippen molar-refractivity contribution in [1.29, 1.82) is 0 Å². The van der Waals surface area contributed by atoms with Gasteiger partial charge in [-0.25, -0.2) is 0 Å². The lowest BCUT2D eigenvalue weighted by molar-refractivity contribution is 0.454. The van der Waals surface area contributed by atoms with Crippen molar-refractivity contribution in [1.82, 2.24) is 0 Å². The molecule has 3 aromatic rings. The highest BCUT2D eigenvalue weighted by Gasteiger charge is 2.31. The normalized spacial score (nSPS) is 12.8. The van der Waals surface area contributed by atoms with Crippen LogP contribution >= 0.6 is 0 Å². The molecule has 24 heavy (non-hydrogen) atoms. The van der Waals surface area contributed by atoms with Crippen LogP contribution < -0.4 is 0 Å². The Morgan fingerprint density at radius 2 is 1.12 bits per heavy atom. The van der Waals surface area contributed by atoms with Gasteiger partial charge in [0.05, 0.1) is 0 Å².